The second-order valence-electron chi connectivity index (χ2n) is 7.00. The summed E-state index contributed by atoms with van der Waals surface area (Å²) in [5.41, 5.74) is 0.760. The minimum Gasteiger partial charge on any atom is -0.352 e. The van der Waals surface area contributed by atoms with Crippen molar-refractivity contribution in [3.63, 3.8) is 0 Å². The smallest absolute Gasteiger partial charge is 0.263 e. The van der Waals surface area contributed by atoms with Gasteiger partial charge in [-0.1, -0.05) is 24.6 Å². The van der Waals surface area contributed by atoms with Crippen LogP contribution in [-0.4, -0.2) is 42.3 Å². The molecule has 1 aliphatic heterocycles. The van der Waals surface area contributed by atoms with Gasteiger partial charge in [-0.05, 0) is 48.9 Å². The van der Waals surface area contributed by atoms with Gasteiger partial charge < -0.3 is 15.5 Å². The number of halogens is 1. The molecule has 154 valence electrons. The fourth-order valence-electron chi connectivity index (χ4n) is 3.32. The van der Waals surface area contributed by atoms with Crippen LogP contribution in [0.15, 0.2) is 35.7 Å². The Morgan fingerprint density at radius 2 is 2.10 bits per heavy atom. The number of piperidine rings is 1. The zero-order valence-electron chi connectivity index (χ0n) is 16.2. The Morgan fingerprint density at radius 1 is 1.28 bits per heavy atom. The van der Waals surface area contributed by atoms with E-state index in [0.29, 0.717) is 47.2 Å². The Morgan fingerprint density at radius 3 is 2.83 bits per heavy atom. The molecule has 8 heteroatoms. The average molecular weight is 434 g/mol. The van der Waals surface area contributed by atoms with Crippen LogP contribution in [-0.2, 0) is 4.79 Å². The van der Waals surface area contributed by atoms with E-state index in [9.17, 15) is 14.4 Å². The summed E-state index contributed by atoms with van der Waals surface area (Å²) in [6.45, 7) is 3.53. The first-order chi connectivity index (χ1) is 14.0. The van der Waals surface area contributed by atoms with Crippen molar-refractivity contribution in [3.05, 3.63) is 51.2 Å². The van der Waals surface area contributed by atoms with Crippen LogP contribution < -0.4 is 10.6 Å². The lowest BCUT2D eigenvalue weighted by Crippen LogP contribution is -2.43. The molecule has 1 fully saturated rings. The molecule has 1 aliphatic rings. The number of nitrogens with one attached hydrogen (secondary N) is 2. The SMILES string of the molecule is CCCNC(=O)c1ccc(Cl)cc1NC(=O)C1CCCN(C(=O)c2cccs2)C1. The Labute approximate surface area is 179 Å². The van der Waals surface area contributed by atoms with Crippen LogP contribution >= 0.6 is 22.9 Å². The summed E-state index contributed by atoms with van der Waals surface area (Å²) < 4.78 is 0. The fraction of sp³-hybridized carbons (Fsp3) is 0.381. The second-order valence-corrected chi connectivity index (χ2v) is 8.39. The van der Waals surface area contributed by atoms with Crippen molar-refractivity contribution in [3.8, 4) is 0 Å². The third-order valence-corrected chi connectivity index (χ3v) is 5.92. The highest BCUT2D eigenvalue weighted by Crippen LogP contribution is 2.25. The number of benzene rings is 1. The molecule has 29 heavy (non-hydrogen) atoms. The highest BCUT2D eigenvalue weighted by Gasteiger charge is 2.30. The summed E-state index contributed by atoms with van der Waals surface area (Å²) in [6.07, 6.45) is 2.27. The van der Waals surface area contributed by atoms with Gasteiger partial charge in [0.05, 0.1) is 22.0 Å². The molecule has 6 nitrogen and oxygen atoms in total. The highest BCUT2D eigenvalue weighted by atomic mass is 35.5. The normalized spacial score (nSPS) is 16.3. The lowest BCUT2D eigenvalue weighted by molar-refractivity contribution is -0.121. The zero-order valence-corrected chi connectivity index (χ0v) is 17.8. The number of carbonyl (C=O) groups is 3. The summed E-state index contributed by atoms with van der Waals surface area (Å²) >= 11 is 7.48. The molecule has 0 spiro atoms. The summed E-state index contributed by atoms with van der Waals surface area (Å²) in [7, 11) is 0. The number of hydrogen-bond acceptors (Lipinski definition) is 4. The minimum atomic E-state index is -0.335. The van der Waals surface area contributed by atoms with Crippen LogP contribution in [0.25, 0.3) is 0 Å². The van der Waals surface area contributed by atoms with Crippen LogP contribution in [0, 0.1) is 5.92 Å². The van der Waals surface area contributed by atoms with Gasteiger partial charge in [0.2, 0.25) is 5.91 Å². The molecule has 1 unspecified atom stereocenters. The number of hydrogen-bond donors (Lipinski definition) is 2. The first-order valence-corrected chi connectivity index (χ1v) is 11.0. The van der Waals surface area contributed by atoms with Crippen molar-refractivity contribution in [1.29, 1.82) is 0 Å². The zero-order chi connectivity index (χ0) is 20.8. The van der Waals surface area contributed by atoms with Gasteiger partial charge in [-0.3, -0.25) is 14.4 Å². The van der Waals surface area contributed by atoms with Crippen molar-refractivity contribution in [1.82, 2.24) is 10.2 Å². The molecule has 0 bridgehead atoms. The number of nitrogens with zero attached hydrogens (tertiary/aromatic N) is 1. The molecule has 1 aromatic carbocycles. The first-order valence-electron chi connectivity index (χ1n) is 9.71. The van der Waals surface area contributed by atoms with Gasteiger partial charge in [0.25, 0.3) is 11.8 Å². The molecule has 3 rings (SSSR count). The number of amides is 3. The van der Waals surface area contributed by atoms with Gasteiger partial charge >= 0.3 is 0 Å². The third-order valence-electron chi connectivity index (χ3n) is 4.83. The fourth-order valence-corrected chi connectivity index (χ4v) is 4.18. The Kier molecular flexibility index (Phi) is 7.28. The van der Waals surface area contributed by atoms with Crippen molar-refractivity contribution < 1.29 is 14.4 Å². The van der Waals surface area contributed by atoms with E-state index in [2.05, 4.69) is 10.6 Å². The van der Waals surface area contributed by atoms with Gasteiger partial charge in [0, 0.05) is 24.7 Å². The van der Waals surface area contributed by atoms with E-state index in [1.165, 1.54) is 11.3 Å². The Hall–Kier alpha value is -2.38. The highest BCUT2D eigenvalue weighted by molar-refractivity contribution is 7.12. The maximum atomic E-state index is 12.9. The Bertz CT molecular complexity index is 885. The summed E-state index contributed by atoms with van der Waals surface area (Å²) in [6, 6.07) is 8.45. The number of anilines is 1. The van der Waals surface area contributed by atoms with Crippen molar-refractivity contribution in [2.45, 2.75) is 26.2 Å². The minimum absolute atomic E-state index is 0.0418. The molecular weight excluding hydrogens is 410 g/mol. The largest absolute Gasteiger partial charge is 0.352 e. The molecule has 0 saturated carbocycles. The van der Waals surface area contributed by atoms with Crippen LogP contribution in [0.4, 0.5) is 5.69 Å². The molecular formula is C21H24ClN3O3S. The summed E-state index contributed by atoms with van der Waals surface area (Å²) in [5.74, 6) is -0.837. The standard InChI is InChI=1S/C21H24ClN3O3S/c1-2-9-23-20(27)16-8-7-15(22)12-17(16)24-19(26)14-5-3-10-25(13-14)21(28)18-6-4-11-29-18/h4,6-8,11-12,14H,2-3,5,9-10,13H2,1H3,(H,23,27)(H,24,26). The van der Waals surface area contributed by atoms with Gasteiger partial charge in [-0.25, -0.2) is 0 Å². The predicted molar refractivity (Wildman–Crippen MR) is 116 cm³/mol. The first kappa shape index (κ1) is 21.3. The quantitative estimate of drug-likeness (QED) is 0.721. The molecule has 1 saturated heterocycles. The lowest BCUT2D eigenvalue weighted by Gasteiger charge is -2.32. The number of rotatable bonds is 6. The van der Waals surface area contributed by atoms with Crippen molar-refractivity contribution in [2.24, 2.45) is 5.92 Å². The molecule has 2 N–H and O–H groups in total. The number of thiophene rings is 1. The summed E-state index contributed by atoms with van der Waals surface area (Å²) in [4.78, 5) is 40.3. The van der Waals surface area contributed by atoms with Gasteiger partial charge in [0.15, 0.2) is 0 Å². The van der Waals surface area contributed by atoms with Crippen LogP contribution in [0.5, 0.6) is 0 Å². The maximum Gasteiger partial charge on any atom is 0.263 e. The topological polar surface area (TPSA) is 78.5 Å². The predicted octanol–water partition coefficient (Wildman–Crippen LogP) is 4.03. The average Bonchev–Trinajstić information content (AvgIpc) is 3.26. The van der Waals surface area contributed by atoms with Crippen LogP contribution in [0.1, 0.15) is 46.2 Å². The molecule has 3 amide bonds. The van der Waals surface area contributed by atoms with E-state index in [4.69, 9.17) is 11.6 Å². The van der Waals surface area contributed by atoms with E-state index >= 15 is 0 Å². The summed E-state index contributed by atoms with van der Waals surface area (Å²) in [5, 5.41) is 7.97. The lowest BCUT2D eigenvalue weighted by atomic mass is 9.96. The van der Waals surface area contributed by atoms with Crippen molar-refractivity contribution >= 4 is 46.3 Å². The van der Waals surface area contributed by atoms with Gasteiger partial charge in [-0.2, -0.15) is 0 Å². The van der Waals surface area contributed by atoms with E-state index in [-0.39, 0.29) is 23.6 Å². The van der Waals surface area contributed by atoms with Gasteiger partial charge in [-0.15, -0.1) is 11.3 Å². The van der Waals surface area contributed by atoms with Gasteiger partial charge in [0.1, 0.15) is 0 Å². The molecule has 1 aromatic heterocycles. The van der Waals surface area contributed by atoms with E-state index in [0.717, 1.165) is 12.8 Å². The molecule has 1 atom stereocenters. The van der Waals surface area contributed by atoms with E-state index < -0.39 is 0 Å². The van der Waals surface area contributed by atoms with Crippen LogP contribution in [0.2, 0.25) is 5.02 Å². The third kappa shape index (κ3) is 5.36. The van der Waals surface area contributed by atoms with E-state index in [1.807, 2.05) is 18.4 Å². The van der Waals surface area contributed by atoms with Crippen molar-refractivity contribution in [2.75, 3.05) is 25.0 Å². The molecule has 0 radical (unpaired) electrons. The monoisotopic (exact) mass is 433 g/mol. The molecule has 2 aromatic rings. The van der Waals surface area contributed by atoms with E-state index in [1.54, 1.807) is 29.2 Å². The molecule has 2 heterocycles. The molecule has 0 aliphatic carbocycles. The second kappa shape index (κ2) is 9.89. The van der Waals surface area contributed by atoms with Crippen LogP contribution in [0.3, 0.4) is 0 Å². The Balaban J connectivity index is 1.70. The maximum absolute atomic E-state index is 12.9. The number of likely N-dealkylation sites (tertiary alicyclic amines) is 1. The number of carbonyl (C=O) groups excluding carboxylic acids is 3.